The zero-order valence-corrected chi connectivity index (χ0v) is 8.51. The fourth-order valence-electron chi connectivity index (χ4n) is 1.83. The second-order valence-electron chi connectivity index (χ2n) is 3.39. The predicted molar refractivity (Wildman–Crippen MR) is 59.4 cm³/mol. The van der Waals surface area contributed by atoms with Gasteiger partial charge in [-0.1, -0.05) is 18.2 Å². The average Bonchev–Trinajstić information content (AvgIpc) is 2.85. The molecule has 1 aliphatic rings. The quantitative estimate of drug-likeness (QED) is 0.775. The standard InChI is InChI=1S/C11H11NOS/c1-2-4-10-8(3-1)9(7-13-10)11-12-5-6-14-11/h1-4,7,11-12H,5-6H2. The van der Waals surface area contributed by atoms with Gasteiger partial charge in [0.2, 0.25) is 0 Å². The molecule has 1 saturated heterocycles. The number of nitrogens with one attached hydrogen (secondary N) is 1. The van der Waals surface area contributed by atoms with Crippen molar-refractivity contribution in [3.63, 3.8) is 0 Å². The molecule has 72 valence electrons. The summed E-state index contributed by atoms with van der Waals surface area (Å²) in [5.74, 6) is 1.18. The minimum Gasteiger partial charge on any atom is -0.464 e. The smallest absolute Gasteiger partial charge is 0.134 e. The third kappa shape index (κ3) is 1.24. The Morgan fingerprint density at radius 1 is 1.36 bits per heavy atom. The van der Waals surface area contributed by atoms with E-state index >= 15 is 0 Å². The summed E-state index contributed by atoms with van der Waals surface area (Å²) in [4.78, 5) is 0. The third-order valence-electron chi connectivity index (χ3n) is 2.51. The van der Waals surface area contributed by atoms with Gasteiger partial charge in [-0.05, 0) is 6.07 Å². The molecule has 3 rings (SSSR count). The van der Waals surface area contributed by atoms with Gasteiger partial charge in [0.05, 0.1) is 11.6 Å². The molecule has 2 aromatic rings. The van der Waals surface area contributed by atoms with Gasteiger partial charge in [0.15, 0.2) is 0 Å². The minimum absolute atomic E-state index is 0.415. The summed E-state index contributed by atoms with van der Waals surface area (Å²) >= 11 is 1.94. The fourth-order valence-corrected chi connectivity index (χ4v) is 2.90. The molecule has 3 heteroatoms. The van der Waals surface area contributed by atoms with E-state index in [0.717, 1.165) is 12.1 Å². The number of rotatable bonds is 1. The van der Waals surface area contributed by atoms with Crippen LogP contribution in [0.15, 0.2) is 34.9 Å². The van der Waals surface area contributed by atoms with Crippen molar-refractivity contribution in [2.45, 2.75) is 5.37 Å². The van der Waals surface area contributed by atoms with Gasteiger partial charge in [0, 0.05) is 23.2 Å². The van der Waals surface area contributed by atoms with Crippen LogP contribution in [-0.2, 0) is 0 Å². The van der Waals surface area contributed by atoms with Crippen molar-refractivity contribution < 1.29 is 4.42 Å². The SMILES string of the molecule is c1ccc2c(C3NCCS3)coc2c1. The summed E-state index contributed by atoms with van der Waals surface area (Å²) in [6.45, 7) is 1.09. The van der Waals surface area contributed by atoms with E-state index in [1.165, 1.54) is 16.7 Å². The molecule has 0 spiro atoms. The molecule has 1 aromatic carbocycles. The Bertz CT molecular complexity index is 445. The van der Waals surface area contributed by atoms with Crippen molar-refractivity contribution in [1.82, 2.24) is 5.32 Å². The van der Waals surface area contributed by atoms with Crippen LogP contribution in [0, 0.1) is 0 Å². The van der Waals surface area contributed by atoms with Crippen molar-refractivity contribution >= 4 is 22.7 Å². The normalized spacial score (nSPS) is 21.9. The van der Waals surface area contributed by atoms with Gasteiger partial charge in [-0.3, -0.25) is 0 Å². The van der Waals surface area contributed by atoms with Gasteiger partial charge < -0.3 is 9.73 Å². The number of benzene rings is 1. The number of furan rings is 1. The topological polar surface area (TPSA) is 25.2 Å². The van der Waals surface area contributed by atoms with Crippen molar-refractivity contribution in [2.75, 3.05) is 12.3 Å². The highest BCUT2D eigenvalue weighted by Gasteiger charge is 2.20. The Labute approximate surface area is 86.7 Å². The Balaban J connectivity index is 2.11. The van der Waals surface area contributed by atoms with Crippen LogP contribution < -0.4 is 5.32 Å². The lowest BCUT2D eigenvalue weighted by Crippen LogP contribution is -2.11. The number of thioether (sulfide) groups is 1. The molecule has 14 heavy (non-hydrogen) atoms. The van der Waals surface area contributed by atoms with E-state index in [9.17, 15) is 0 Å². The first-order valence-electron chi connectivity index (χ1n) is 4.76. The molecule has 0 saturated carbocycles. The highest BCUT2D eigenvalue weighted by atomic mass is 32.2. The van der Waals surface area contributed by atoms with Gasteiger partial charge in [-0.2, -0.15) is 0 Å². The first-order valence-corrected chi connectivity index (χ1v) is 5.81. The van der Waals surface area contributed by atoms with Crippen LogP contribution in [0.3, 0.4) is 0 Å². The molecule has 1 atom stereocenters. The second kappa shape index (κ2) is 3.33. The van der Waals surface area contributed by atoms with Gasteiger partial charge in [-0.25, -0.2) is 0 Å². The van der Waals surface area contributed by atoms with Gasteiger partial charge in [-0.15, -0.1) is 11.8 Å². The Morgan fingerprint density at radius 2 is 2.29 bits per heavy atom. The summed E-state index contributed by atoms with van der Waals surface area (Å²) in [5.41, 5.74) is 2.26. The molecule has 1 unspecified atom stereocenters. The van der Waals surface area contributed by atoms with Crippen LogP contribution in [0.25, 0.3) is 11.0 Å². The molecule has 0 aliphatic carbocycles. The number of hydrogen-bond donors (Lipinski definition) is 1. The van der Waals surface area contributed by atoms with E-state index in [2.05, 4.69) is 17.4 Å². The number of para-hydroxylation sites is 1. The Morgan fingerprint density at radius 3 is 3.14 bits per heavy atom. The fraction of sp³-hybridized carbons (Fsp3) is 0.273. The van der Waals surface area contributed by atoms with Crippen LogP contribution in [-0.4, -0.2) is 12.3 Å². The highest BCUT2D eigenvalue weighted by Crippen LogP contribution is 2.35. The van der Waals surface area contributed by atoms with Crippen LogP contribution in [0.1, 0.15) is 10.9 Å². The maximum atomic E-state index is 5.51. The lowest BCUT2D eigenvalue weighted by atomic mass is 10.2. The van der Waals surface area contributed by atoms with Crippen molar-refractivity contribution in [3.05, 3.63) is 36.1 Å². The lowest BCUT2D eigenvalue weighted by Gasteiger charge is -2.06. The van der Waals surface area contributed by atoms with Crippen LogP contribution in [0.2, 0.25) is 0 Å². The Kier molecular flexibility index (Phi) is 2.00. The molecule has 1 aromatic heterocycles. The molecule has 1 N–H and O–H groups in total. The molecular weight excluding hydrogens is 194 g/mol. The number of hydrogen-bond acceptors (Lipinski definition) is 3. The summed E-state index contributed by atoms with van der Waals surface area (Å²) in [6.07, 6.45) is 1.88. The molecule has 0 amide bonds. The largest absolute Gasteiger partial charge is 0.464 e. The lowest BCUT2D eigenvalue weighted by molar-refractivity contribution is 0.605. The number of fused-ring (bicyclic) bond motifs is 1. The Hall–Kier alpha value is -0.930. The monoisotopic (exact) mass is 205 g/mol. The van der Waals surface area contributed by atoms with E-state index in [0.29, 0.717) is 5.37 Å². The summed E-state index contributed by atoms with van der Waals surface area (Å²) < 4.78 is 5.51. The average molecular weight is 205 g/mol. The second-order valence-corrected chi connectivity index (χ2v) is 4.61. The first kappa shape index (κ1) is 8.38. The molecule has 0 bridgehead atoms. The maximum Gasteiger partial charge on any atom is 0.134 e. The predicted octanol–water partition coefficient (Wildman–Crippen LogP) is 2.77. The third-order valence-corrected chi connectivity index (χ3v) is 3.70. The van der Waals surface area contributed by atoms with Crippen molar-refractivity contribution in [3.8, 4) is 0 Å². The van der Waals surface area contributed by atoms with Crippen molar-refractivity contribution in [2.24, 2.45) is 0 Å². The van der Waals surface area contributed by atoms with Gasteiger partial charge in [0.1, 0.15) is 5.58 Å². The molecule has 1 aliphatic heterocycles. The van der Waals surface area contributed by atoms with E-state index in [1.54, 1.807) is 0 Å². The van der Waals surface area contributed by atoms with E-state index < -0.39 is 0 Å². The highest BCUT2D eigenvalue weighted by molar-refractivity contribution is 7.99. The summed E-state index contributed by atoms with van der Waals surface area (Å²) in [6, 6.07) is 8.19. The molecule has 1 fully saturated rings. The summed E-state index contributed by atoms with van der Waals surface area (Å²) in [5, 5.41) is 5.11. The van der Waals surface area contributed by atoms with Gasteiger partial charge in [0.25, 0.3) is 0 Å². The zero-order chi connectivity index (χ0) is 9.38. The van der Waals surface area contributed by atoms with Crippen LogP contribution in [0.5, 0.6) is 0 Å². The first-order chi connectivity index (χ1) is 6.95. The van der Waals surface area contributed by atoms with E-state index in [4.69, 9.17) is 4.42 Å². The van der Waals surface area contributed by atoms with E-state index in [-0.39, 0.29) is 0 Å². The van der Waals surface area contributed by atoms with Gasteiger partial charge >= 0.3 is 0 Å². The summed E-state index contributed by atoms with van der Waals surface area (Å²) in [7, 11) is 0. The van der Waals surface area contributed by atoms with E-state index in [1.807, 2.05) is 30.2 Å². The minimum atomic E-state index is 0.415. The zero-order valence-electron chi connectivity index (χ0n) is 7.69. The molecule has 2 nitrogen and oxygen atoms in total. The van der Waals surface area contributed by atoms with Crippen molar-refractivity contribution in [1.29, 1.82) is 0 Å². The molecular formula is C11H11NOS. The molecule has 0 radical (unpaired) electrons. The van der Waals surface area contributed by atoms with Crippen LogP contribution >= 0.6 is 11.8 Å². The molecule has 2 heterocycles. The van der Waals surface area contributed by atoms with Crippen LogP contribution in [0.4, 0.5) is 0 Å². The maximum absolute atomic E-state index is 5.51.